The van der Waals surface area contributed by atoms with E-state index in [4.69, 9.17) is 0 Å². The molecule has 30 heavy (non-hydrogen) atoms. The standard InChI is InChI=1S/C28H48N2/c1-3-5-7-8-9-10-11-12-13-14-15-19-23-28-29(24-20-6-4-2)25-26-30(28)27-21-17-16-18-22-27/h16-18,21-22,25-26,28H,3-15,19-20,23-24H2,1-2H3. The van der Waals surface area contributed by atoms with Crippen molar-refractivity contribution in [2.45, 2.75) is 123 Å². The summed E-state index contributed by atoms with van der Waals surface area (Å²) in [5.74, 6) is 0. The number of rotatable bonds is 18. The number of hydrogen-bond donors (Lipinski definition) is 0. The zero-order valence-corrected chi connectivity index (χ0v) is 20.0. The highest BCUT2D eigenvalue weighted by molar-refractivity contribution is 5.51. The van der Waals surface area contributed by atoms with Crippen molar-refractivity contribution >= 4 is 5.69 Å². The lowest BCUT2D eigenvalue weighted by Crippen LogP contribution is -2.39. The lowest BCUT2D eigenvalue weighted by molar-refractivity contribution is 0.274. The first-order valence-electron chi connectivity index (χ1n) is 13.1. The number of hydrogen-bond acceptors (Lipinski definition) is 2. The van der Waals surface area contributed by atoms with E-state index in [1.165, 1.54) is 115 Å². The van der Waals surface area contributed by atoms with Crippen LogP contribution in [0.1, 0.15) is 117 Å². The molecule has 2 nitrogen and oxygen atoms in total. The van der Waals surface area contributed by atoms with Gasteiger partial charge in [-0.3, -0.25) is 0 Å². The Hall–Kier alpha value is -1.44. The van der Waals surface area contributed by atoms with Crippen LogP contribution in [0.25, 0.3) is 0 Å². The highest BCUT2D eigenvalue weighted by atomic mass is 15.4. The van der Waals surface area contributed by atoms with Crippen LogP contribution in [0.2, 0.25) is 0 Å². The number of anilines is 1. The Morgan fingerprint density at radius 3 is 1.73 bits per heavy atom. The Labute approximate surface area is 187 Å². The molecule has 2 heteroatoms. The maximum atomic E-state index is 2.58. The molecule has 1 aliphatic rings. The van der Waals surface area contributed by atoms with Gasteiger partial charge in [-0.1, -0.05) is 116 Å². The zero-order valence-electron chi connectivity index (χ0n) is 20.0. The molecule has 1 heterocycles. The van der Waals surface area contributed by atoms with Crippen molar-refractivity contribution in [2.75, 3.05) is 11.4 Å². The third-order valence-electron chi connectivity index (χ3n) is 6.51. The smallest absolute Gasteiger partial charge is 0.105 e. The maximum absolute atomic E-state index is 2.58. The SMILES string of the molecule is CCCCCCCCCCCCCCC1N(CCCCC)C=CN1c1ccccc1. The number of para-hydroxylation sites is 1. The summed E-state index contributed by atoms with van der Waals surface area (Å²) in [6, 6.07) is 10.9. The molecule has 1 aromatic carbocycles. The first-order chi connectivity index (χ1) is 14.9. The van der Waals surface area contributed by atoms with E-state index in [9.17, 15) is 0 Å². The Balaban J connectivity index is 1.62. The van der Waals surface area contributed by atoms with Crippen LogP contribution in [-0.4, -0.2) is 17.6 Å². The van der Waals surface area contributed by atoms with Crippen molar-refractivity contribution in [1.82, 2.24) is 4.90 Å². The summed E-state index contributed by atoms with van der Waals surface area (Å²) in [4.78, 5) is 5.08. The lowest BCUT2D eigenvalue weighted by Gasteiger charge is -2.33. The Morgan fingerprint density at radius 1 is 0.600 bits per heavy atom. The summed E-state index contributed by atoms with van der Waals surface area (Å²) in [5, 5.41) is 0. The molecule has 0 saturated heterocycles. The van der Waals surface area contributed by atoms with E-state index in [0.29, 0.717) is 6.17 Å². The maximum Gasteiger partial charge on any atom is 0.105 e. The fraction of sp³-hybridized carbons (Fsp3) is 0.714. The molecule has 2 rings (SSSR count). The molecule has 0 N–H and O–H groups in total. The van der Waals surface area contributed by atoms with Gasteiger partial charge in [0.25, 0.3) is 0 Å². The predicted octanol–water partition coefficient (Wildman–Crippen LogP) is 8.89. The molecule has 0 radical (unpaired) electrons. The van der Waals surface area contributed by atoms with Gasteiger partial charge in [0, 0.05) is 24.6 Å². The second-order valence-electron chi connectivity index (χ2n) is 9.14. The zero-order chi connectivity index (χ0) is 21.3. The van der Waals surface area contributed by atoms with Crippen molar-refractivity contribution in [1.29, 1.82) is 0 Å². The average molecular weight is 413 g/mol. The van der Waals surface area contributed by atoms with Gasteiger partial charge in [0.2, 0.25) is 0 Å². The molecule has 1 aliphatic heterocycles. The highest BCUT2D eigenvalue weighted by Gasteiger charge is 2.26. The summed E-state index contributed by atoms with van der Waals surface area (Å²) in [7, 11) is 0. The summed E-state index contributed by atoms with van der Waals surface area (Å²) in [6.45, 7) is 5.78. The fourth-order valence-corrected chi connectivity index (χ4v) is 4.61. The number of nitrogens with zero attached hydrogens (tertiary/aromatic N) is 2. The van der Waals surface area contributed by atoms with Crippen LogP contribution in [0, 0.1) is 0 Å². The van der Waals surface area contributed by atoms with Gasteiger partial charge in [-0.15, -0.1) is 0 Å². The van der Waals surface area contributed by atoms with Gasteiger partial charge in [-0.25, -0.2) is 0 Å². The first kappa shape index (κ1) is 24.8. The highest BCUT2D eigenvalue weighted by Crippen LogP contribution is 2.28. The molecule has 0 fully saturated rings. The minimum Gasteiger partial charge on any atom is -0.356 e. The van der Waals surface area contributed by atoms with Gasteiger partial charge >= 0.3 is 0 Å². The molecule has 0 bridgehead atoms. The normalized spacial score (nSPS) is 16.0. The fourth-order valence-electron chi connectivity index (χ4n) is 4.61. The van der Waals surface area contributed by atoms with E-state index in [-0.39, 0.29) is 0 Å². The van der Waals surface area contributed by atoms with E-state index in [0.717, 1.165) is 0 Å². The molecular formula is C28H48N2. The molecule has 0 aromatic heterocycles. The molecule has 170 valence electrons. The third kappa shape index (κ3) is 9.58. The summed E-state index contributed by atoms with van der Waals surface area (Å²) in [5.41, 5.74) is 1.33. The molecule has 1 aromatic rings. The number of benzene rings is 1. The van der Waals surface area contributed by atoms with Gasteiger partial charge in [0.05, 0.1) is 0 Å². The monoisotopic (exact) mass is 412 g/mol. The van der Waals surface area contributed by atoms with Crippen LogP contribution in [0.3, 0.4) is 0 Å². The van der Waals surface area contributed by atoms with Crippen molar-refractivity contribution in [3.05, 3.63) is 42.7 Å². The van der Waals surface area contributed by atoms with Gasteiger partial charge in [-0.05, 0) is 31.4 Å². The number of unbranched alkanes of at least 4 members (excludes halogenated alkanes) is 13. The van der Waals surface area contributed by atoms with E-state index in [2.05, 4.69) is 66.4 Å². The Morgan fingerprint density at radius 2 is 1.13 bits per heavy atom. The Bertz CT molecular complexity index is 539. The molecule has 0 amide bonds. The summed E-state index contributed by atoms with van der Waals surface area (Å²) < 4.78 is 0. The molecule has 0 spiro atoms. The second kappa shape index (κ2) is 16.3. The van der Waals surface area contributed by atoms with E-state index >= 15 is 0 Å². The van der Waals surface area contributed by atoms with Crippen LogP contribution >= 0.6 is 0 Å². The van der Waals surface area contributed by atoms with Crippen molar-refractivity contribution in [3.8, 4) is 0 Å². The van der Waals surface area contributed by atoms with Crippen LogP contribution < -0.4 is 4.90 Å². The quantitative estimate of drug-likeness (QED) is 0.222. The van der Waals surface area contributed by atoms with Crippen LogP contribution in [0.5, 0.6) is 0 Å². The predicted molar refractivity (Wildman–Crippen MR) is 134 cm³/mol. The van der Waals surface area contributed by atoms with Gasteiger partial charge in [0.15, 0.2) is 0 Å². The first-order valence-corrected chi connectivity index (χ1v) is 13.1. The topological polar surface area (TPSA) is 6.48 Å². The van der Waals surface area contributed by atoms with Gasteiger partial charge in [0.1, 0.15) is 6.17 Å². The van der Waals surface area contributed by atoms with Crippen LogP contribution in [-0.2, 0) is 0 Å². The van der Waals surface area contributed by atoms with Crippen molar-refractivity contribution < 1.29 is 0 Å². The third-order valence-corrected chi connectivity index (χ3v) is 6.51. The van der Waals surface area contributed by atoms with Gasteiger partial charge < -0.3 is 9.80 Å². The molecule has 1 atom stereocenters. The molecule has 0 saturated carbocycles. The Kier molecular flexibility index (Phi) is 13.5. The van der Waals surface area contributed by atoms with Crippen LogP contribution in [0.15, 0.2) is 42.7 Å². The minimum atomic E-state index is 0.507. The van der Waals surface area contributed by atoms with Crippen molar-refractivity contribution in [2.24, 2.45) is 0 Å². The molecular weight excluding hydrogens is 364 g/mol. The van der Waals surface area contributed by atoms with E-state index in [1.807, 2.05) is 0 Å². The largest absolute Gasteiger partial charge is 0.356 e. The van der Waals surface area contributed by atoms with E-state index in [1.54, 1.807) is 0 Å². The summed E-state index contributed by atoms with van der Waals surface area (Å²) >= 11 is 0. The van der Waals surface area contributed by atoms with Crippen LogP contribution in [0.4, 0.5) is 5.69 Å². The molecule has 0 aliphatic carbocycles. The van der Waals surface area contributed by atoms with Crippen molar-refractivity contribution in [3.63, 3.8) is 0 Å². The van der Waals surface area contributed by atoms with E-state index < -0.39 is 0 Å². The summed E-state index contributed by atoms with van der Waals surface area (Å²) in [6.07, 6.45) is 27.4. The van der Waals surface area contributed by atoms with Gasteiger partial charge in [-0.2, -0.15) is 0 Å². The minimum absolute atomic E-state index is 0.507. The lowest BCUT2D eigenvalue weighted by atomic mass is 10.0. The second-order valence-corrected chi connectivity index (χ2v) is 9.14. The average Bonchev–Trinajstić information content (AvgIpc) is 3.18. The molecule has 1 unspecified atom stereocenters.